The molecule has 5 nitrogen and oxygen atoms in total. The fourth-order valence-corrected chi connectivity index (χ4v) is 4.64. The molecule has 0 unspecified atom stereocenters. The van der Waals surface area contributed by atoms with E-state index in [0.29, 0.717) is 13.0 Å². The first-order valence-corrected chi connectivity index (χ1v) is 9.54. The zero-order valence-electron chi connectivity index (χ0n) is 14.8. The molecule has 24 heavy (non-hydrogen) atoms. The van der Waals surface area contributed by atoms with Crippen molar-refractivity contribution in [3.63, 3.8) is 0 Å². The first kappa shape index (κ1) is 17.9. The number of thiophene rings is 1. The van der Waals surface area contributed by atoms with Gasteiger partial charge in [-0.1, -0.05) is 6.07 Å². The minimum atomic E-state index is -0.986. The Morgan fingerprint density at radius 2 is 2.21 bits per heavy atom. The number of likely N-dealkylation sites (tertiary alicyclic amines) is 1. The van der Waals surface area contributed by atoms with Crippen LogP contribution in [-0.2, 0) is 16.1 Å². The molecular weight excluding hydrogens is 324 g/mol. The van der Waals surface area contributed by atoms with Gasteiger partial charge in [-0.25, -0.2) is 0 Å². The zero-order chi connectivity index (χ0) is 17.4. The molecule has 1 aromatic rings. The van der Waals surface area contributed by atoms with Crippen LogP contribution < -0.4 is 0 Å². The topological polar surface area (TPSA) is 53.0 Å². The Morgan fingerprint density at radius 1 is 1.50 bits per heavy atom. The first-order valence-electron chi connectivity index (χ1n) is 8.66. The van der Waals surface area contributed by atoms with Crippen LogP contribution >= 0.6 is 11.3 Å². The van der Waals surface area contributed by atoms with Crippen molar-refractivity contribution < 1.29 is 14.6 Å². The van der Waals surface area contributed by atoms with Crippen LogP contribution in [0.2, 0.25) is 0 Å². The number of rotatable bonds is 3. The number of hydrogen-bond acceptors (Lipinski definition) is 5. The van der Waals surface area contributed by atoms with Crippen LogP contribution in [0.5, 0.6) is 0 Å². The normalized spacial score (nSPS) is 30.4. The van der Waals surface area contributed by atoms with Gasteiger partial charge >= 0.3 is 0 Å². The van der Waals surface area contributed by atoms with Crippen molar-refractivity contribution in [1.29, 1.82) is 0 Å². The molecule has 1 amide bonds. The number of carbonyl (C=O) groups excluding carboxylic acids is 1. The average Bonchev–Trinajstić information content (AvgIpc) is 3.04. The summed E-state index contributed by atoms with van der Waals surface area (Å²) in [6, 6.07) is 4.09. The number of likely N-dealkylation sites (N-methyl/N-ethyl adjacent to an activating group) is 1. The lowest BCUT2D eigenvalue weighted by molar-refractivity contribution is -0.209. The van der Waals surface area contributed by atoms with E-state index in [1.807, 2.05) is 0 Å². The minimum absolute atomic E-state index is 0.00698. The summed E-state index contributed by atoms with van der Waals surface area (Å²) in [4.78, 5) is 17.3. The van der Waals surface area contributed by atoms with E-state index in [0.717, 1.165) is 32.5 Å². The van der Waals surface area contributed by atoms with E-state index in [9.17, 15) is 9.90 Å². The van der Waals surface area contributed by atoms with Gasteiger partial charge in [-0.05, 0) is 37.6 Å². The fraction of sp³-hybridized carbons (Fsp3) is 0.722. The molecule has 3 heterocycles. The Labute approximate surface area is 148 Å². The standard InChI is InChI=1S/C18H28N2O3S/c1-14(21)19(3)16-11-18(23-13-17(16,2)22)6-8-20(9-7-18)12-15-5-4-10-24-15/h4-5,10,16,22H,6-9,11-13H2,1-3H3/t16-,17-/m0/s1. The Morgan fingerprint density at radius 3 is 2.79 bits per heavy atom. The lowest BCUT2D eigenvalue weighted by Gasteiger charge is -2.52. The second-order valence-electron chi connectivity index (χ2n) is 7.53. The second kappa shape index (κ2) is 6.75. The number of aliphatic hydroxyl groups is 1. The molecular formula is C18H28N2O3S. The molecule has 0 aliphatic carbocycles. The van der Waals surface area contributed by atoms with Crippen molar-refractivity contribution >= 4 is 17.2 Å². The Bertz CT molecular complexity index is 565. The van der Waals surface area contributed by atoms with Gasteiger partial charge in [0, 0.05) is 38.5 Å². The summed E-state index contributed by atoms with van der Waals surface area (Å²) in [6.45, 7) is 6.62. The molecule has 2 saturated heterocycles. The first-order chi connectivity index (χ1) is 11.3. The molecule has 6 heteroatoms. The third kappa shape index (κ3) is 3.67. The molecule has 1 N–H and O–H groups in total. The highest BCUT2D eigenvalue weighted by Gasteiger charge is 2.50. The van der Waals surface area contributed by atoms with Gasteiger partial charge < -0.3 is 14.7 Å². The van der Waals surface area contributed by atoms with Crippen LogP contribution in [0.3, 0.4) is 0 Å². The fourth-order valence-electron chi connectivity index (χ4n) is 3.89. The molecule has 2 aliphatic rings. The molecule has 0 saturated carbocycles. The van der Waals surface area contributed by atoms with Crippen molar-refractivity contribution in [3.8, 4) is 0 Å². The van der Waals surface area contributed by atoms with Gasteiger partial charge in [-0.2, -0.15) is 0 Å². The lowest BCUT2D eigenvalue weighted by atomic mass is 9.77. The van der Waals surface area contributed by atoms with Crippen molar-refractivity contribution in [2.45, 2.75) is 56.9 Å². The van der Waals surface area contributed by atoms with Gasteiger partial charge in [0.05, 0.1) is 18.2 Å². The molecule has 1 aromatic heterocycles. The van der Waals surface area contributed by atoms with Crippen LogP contribution in [0.25, 0.3) is 0 Å². The van der Waals surface area contributed by atoms with Crippen LogP contribution in [0, 0.1) is 0 Å². The Kier molecular flexibility index (Phi) is 5.02. The highest BCUT2D eigenvalue weighted by atomic mass is 32.1. The molecule has 1 spiro atoms. The molecule has 3 rings (SSSR count). The number of nitrogens with zero attached hydrogens (tertiary/aromatic N) is 2. The smallest absolute Gasteiger partial charge is 0.219 e. The van der Waals surface area contributed by atoms with E-state index in [4.69, 9.17) is 4.74 Å². The summed E-state index contributed by atoms with van der Waals surface area (Å²) in [5, 5.41) is 12.8. The minimum Gasteiger partial charge on any atom is -0.386 e. The zero-order valence-corrected chi connectivity index (χ0v) is 15.6. The number of piperidine rings is 1. The monoisotopic (exact) mass is 352 g/mol. The summed E-state index contributed by atoms with van der Waals surface area (Å²) in [5.41, 5.74) is -1.19. The number of ether oxygens (including phenoxy) is 1. The third-order valence-electron chi connectivity index (χ3n) is 5.64. The SMILES string of the molecule is CC(=O)N(C)[C@H]1CC2(CCN(Cc3cccs3)CC2)OC[C@]1(C)O. The Hall–Kier alpha value is -0.950. The van der Waals surface area contributed by atoms with Crippen LogP contribution in [0.4, 0.5) is 0 Å². The van der Waals surface area contributed by atoms with Crippen molar-refractivity contribution in [2.24, 2.45) is 0 Å². The van der Waals surface area contributed by atoms with E-state index in [1.165, 1.54) is 4.88 Å². The molecule has 2 aliphatic heterocycles. The van der Waals surface area contributed by atoms with Crippen molar-refractivity contribution in [1.82, 2.24) is 9.80 Å². The van der Waals surface area contributed by atoms with E-state index in [-0.39, 0.29) is 17.6 Å². The maximum Gasteiger partial charge on any atom is 0.219 e. The summed E-state index contributed by atoms with van der Waals surface area (Å²) in [5.74, 6) is -0.00698. The van der Waals surface area contributed by atoms with Gasteiger partial charge in [0.15, 0.2) is 0 Å². The van der Waals surface area contributed by atoms with E-state index < -0.39 is 5.60 Å². The number of carbonyl (C=O) groups is 1. The quantitative estimate of drug-likeness (QED) is 0.905. The van der Waals surface area contributed by atoms with Crippen molar-refractivity contribution in [2.75, 3.05) is 26.7 Å². The van der Waals surface area contributed by atoms with E-state index in [2.05, 4.69) is 22.4 Å². The summed E-state index contributed by atoms with van der Waals surface area (Å²) < 4.78 is 6.15. The van der Waals surface area contributed by atoms with E-state index in [1.54, 1.807) is 37.1 Å². The van der Waals surface area contributed by atoms with Gasteiger partial charge in [-0.15, -0.1) is 11.3 Å². The molecule has 134 valence electrons. The molecule has 2 atom stereocenters. The highest BCUT2D eigenvalue weighted by Crippen LogP contribution is 2.40. The molecule has 0 bridgehead atoms. The maximum absolute atomic E-state index is 11.8. The second-order valence-corrected chi connectivity index (χ2v) is 8.57. The Balaban J connectivity index is 1.63. The van der Waals surface area contributed by atoms with Crippen molar-refractivity contribution in [3.05, 3.63) is 22.4 Å². The van der Waals surface area contributed by atoms with Gasteiger partial charge in [0.1, 0.15) is 5.60 Å². The van der Waals surface area contributed by atoms with Crippen LogP contribution in [-0.4, -0.2) is 64.8 Å². The largest absolute Gasteiger partial charge is 0.386 e. The van der Waals surface area contributed by atoms with Gasteiger partial charge in [-0.3, -0.25) is 9.69 Å². The summed E-state index contributed by atoms with van der Waals surface area (Å²) in [7, 11) is 1.78. The average molecular weight is 353 g/mol. The summed E-state index contributed by atoms with van der Waals surface area (Å²) >= 11 is 1.80. The molecule has 2 fully saturated rings. The highest BCUT2D eigenvalue weighted by molar-refractivity contribution is 7.09. The predicted octanol–water partition coefficient (Wildman–Crippen LogP) is 2.10. The summed E-state index contributed by atoms with van der Waals surface area (Å²) in [6.07, 6.45) is 2.62. The number of hydrogen-bond donors (Lipinski definition) is 1. The number of amides is 1. The van der Waals surface area contributed by atoms with E-state index >= 15 is 0 Å². The predicted molar refractivity (Wildman–Crippen MR) is 95.0 cm³/mol. The van der Waals surface area contributed by atoms with Crippen LogP contribution in [0.1, 0.15) is 38.0 Å². The van der Waals surface area contributed by atoms with Gasteiger partial charge in [0.2, 0.25) is 5.91 Å². The van der Waals surface area contributed by atoms with Crippen LogP contribution in [0.15, 0.2) is 17.5 Å². The van der Waals surface area contributed by atoms with Gasteiger partial charge in [0.25, 0.3) is 0 Å². The third-order valence-corrected chi connectivity index (χ3v) is 6.51. The molecule has 0 aromatic carbocycles. The lowest BCUT2D eigenvalue weighted by Crippen LogP contribution is -2.63. The molecule has 0 radical (unpaired) electrons. The maximum atomic E-state index is 11.8.